The molecule has 1 aliphatic carbocycles. The maximum absolute atomic E-state index is 12.8. The molecule has 2 aromatic heterocycles. The van der Waals surface area contributed by atoms with Crippen LogP contribution in [0.5, 0.6) is 0 Å². The Labute approximate surface area is 154 Å². The average molecular weight is 353 g/mol. The van der Waals surface area contributed by atoms with Gasteiger partial charge in [0.05, 0.1) is 12.1 Å². The quantitative estimate of drug-likeness (QED) is 0.840. The zero-order valence-corrected chi connectivity index (χ0v) is 15.3. The van der Waals surface area contributed by atoms with Gasteiger partial charge in [-0.05, 0) is 25.0 Å². The largest absolute Gasteiger partial charge is 0.342 e. The summed E-state index contributed by atoms with van der Waals surface area (Å²) in [7, 11) is 0. The molecule has 2 aromatic rings. The third-order valence-corrected chi connectivity index (χ3v) is 6.43. The molecule has 1 amide bonds. The summed E-state index contributed by atoms with van der Waals surface area (Å²) in [5.41, 5.74) is 2.55. The minimum absolute atomic E-state index is 0.296. The van der Waals surface area contributed by atoms with Crippen molar-refractivity contribution in [3.05, 3.63) is 30.2 Å². The number of nitrogens with zero attached hydrogens (tertiary/aromatic N) is 5. The van der Waals surface area contributed by atoms with E-state index >= 15 is 0 Å². The van der Waals surface area contributed by atoms with Gasteiger partial charge in [-0.1, -0.05) is 6.42 Å². The van der Waals surface area contributed by atoms with E-state index in [4.69, 9.17) is 0 Å². The molecule has 0 bridgehead atoms. The number of rotatable bonds is 3. The van der Waals surface area contributed by atoms with Crippen LogP contribution in [0.15, 0.2) is 24.5 Å². The van der Waals surface area contributed by atoms with Crippen LogP contribution >= 0.6 is 0 Å². The Balaban J connectivity index is 1.19. The number of amides is 1. The number of pyridine rings is 1. The third kappa shape index (κ3) is 2.91. The molecule has 1 saturated carbocycles. The first-order chi connectivity index (χ1) is 12.8. The molecule has 2 fully saturated rings. The first-order valence-corrected chi connectivity index (χ1v) is 9.94. The van der Waals surface area contributed by atoms with Crippen LogP contribution in [-0.2, 0) is 17.9 Å². The second kappa shape index (κ2) is 6.67. The minimum Gasteiger partial charge on any atom is -0.342 e. The highest BCUT2D eigenvalue weighted by atomic mass is 16.2. The topological polar surface area (TPSA) is 44.6 Å². The Morgan fingerprint density at radius 2 is 1.96 bits per heavy atom. The summed E-state index contributed by atoms with van der Waals surface area (Å²) in [4.78, 5) is 23.9. The van der Waals surface area contributed by atoms with Crippen LogP contribution in [0.3, 0.4) is 0 Å². The lowest BCUT2D eigenvalue weighted by Gasteiger charge is -2.43. The van der Waals surface area contributed by atoms with E-state index in [0.717, 1.165) is 51.9 Å². The minimum atomic E-state index is 0.296. The highest BCUT2D eigenvalue weighted by molar-refractivity contribution is 5.81. The number of carbonyl (C=O) groups is 1. The third-order valence-electron chi connectivity index (χ3n) is 6.43. The lowest BCUT2D eigenvalue weighted by atomic mass is 9.91. The van der Waals surface area contributed by atoms with Crippen molar-refractivity contribution < 1.29 is 4.79 Å². The van der Waals surface area contributed by atoms with Crippen molar-refractivity contribution in [2.45, 2.75) is 38.4 Å². The van der Waals surface area contributed by atoms with Gasteiger partial charge in [0.2, 0.25) is 5.91 Å². The SMILES string of the molecule is O=C(CN1CCn2c(cc3cnccc32)C1)N1CCN(C2CCC2)CC1. The van der Waals surface area contributed by atoms with E-state index in [-0.39, 0.29) is 0 Å². The normalized spacial score (nSPS) is 22.4. The van der Waals surface area contributed by atoms with Crippen LogP contribution in [-0.4, -0.2) is 75.5 Å². The van der Waals surface area contributed by atoms with Crippen molar-refractivity contribution in [2.75, 3.05) is 39.3 Å². The molecule has 0 spiro atoms. The lowest BCUT2D eigenvalue weighted by molar-refractivity contribution is -0.135. The zero-order valence-electron chi connectivity index (χ0n) is 15.3. The predicted molar refractivity (Wildman–Crippen MR) is 101 cm³/mol. The molecule has 4 heterocycles. The second-order valence-corrected chi connectivity index (χ2v) is 7.93. The van der Waals surface area contributed by atoms with E-state index in [1.165, 1.54) is 35.9 Å². The second-order valence-electron chi connectivity index (χ2n) is 7.93. The van der Waals surface area contributed by atoms with Gasteiger partial charge in [0, 0.05) is 75.3 Å². The van der Waals surface area contributed by atoms with Crippen LogP contribution in [0.25, 0.3) is 10.9 Å². The molecule has 5 rings (SSSR count). The summed E-state index contributed by atoms with van der Waals surface area (Å²) in [5, 5.41) is 1.20. The molecule has 3 aliphatic rings. The number of aromatic nitrogens is 2. The van der Waals surface area contributed by atoms with Gasteiger partial charge in [0.25, 0.3) is 0 Å². The molecule has 6 nitrogen and oxygen atoms in total. The molecule has 0 atom stereocenters. The molecular formula is C20H27N5O. The number of hydrogen-bond acceptors (Lipinski definition) is 4. The first-order valence-electron chi connectivity index (χ1n) is 9.94. The Morgan fingerprint density at radius 1 is 1.12 bits per heavy atom. The van der Waals surface area contributed by atoms with Crippen LogP contribution in [0.4, 0.5) is 0 Å². The first kappa shape index (κ1) is 16.3. The van der Waals surface area contributed by atoms with Gasteiger partial charge < -0.3 is 9.47 Å². The van der Waals surface area contributed by atoms with Gasteiger partial charge >= 0.3 is 0 Å². The molecule has 26 heavy (non-hydrogen) atoms. The molecule has 0 radical (unpaired) electrons. The van der Waals surface area contributed by atoms with Gasteiger partial charge in [-0.15, -0.1) is 0 Å². The maximum Gasteiger partial charge on any atom is 0.236 e. The summed E-state index contributed by atoms with van der Waals surface area (Å²) in [5.74, 6) is 0.296. The average Bonchev–Trinajstić information content (AvgIpc) is 2.98. The molecule has 0 aromatic carbocycles. The van der Waals surface area contributed by atoms with E-state index in [9.17, 15) is 4.79 Å². The zero-order chi connectivity index (χ0) is 17.5. The van der Waals surface area contributed by atoms with Crippen molar-refractivity contribution in [2.24, 2.45) is 0 Å². The van der Waals surface area contributed by atoms with Gasteiger partial charge in [-0.3, -0.25) is 19.6 Å². The van der Waals surface area contributed by atoms with Crippen LogP contribution in [0.2, 0.25) is 0 Å². The number of piperazine rings is 1. The summed E-state index contributed by atoms with van der Waals surface area (Å²) >= 11 is 0. The number of fused-ring (bicyclic) bond motifs is 3. The number of hydrogen-bond donors (Lipinski definition) is 0. The standard InChI is InChI=1S/C20H27N5O/c26-20(24-9-7-23(8-10-24)17-2-1-3-17)15-22-6-11-25-18(14-22)12-16-13-21-5-4-19(16)25/h4-5,12-13,17H,1-3,6-11,14-15H2. The van der Waals surface area contributed by atoms with Crippen LogP contribution in [0.1, 0.15) is 25.0 Å². The van der Waals surface area contributed by atoms with E-state index in [0.29, 0.717) is 12.5 Å². The Bertz CT molecular complexity index is 804. The lowest BCUT2D eigenvalue weighted by Crippen LogP contribution is -2.55. The summed E-state index contributed by atoms with van der Waals surface area (Å²) in [6.45, 7) is 7.18. The smallest absolute Gasteiger partial charge is 0.236 e. The predicted octanol–water partition coefficient (Wildman–Crippen LogP) is 1.55. The van der Waals surface area contributed by atoms with Crippen LogP contribution < -0.4 is 0 Å². The molecule has 1 saturated heterocycles. The Kier molecular flexibility index (Phi) is 4.17. The molecular weight excluding hydrogens is 326 g/mol. The van der Waals surface area contributed by atoms with Gasteiger partial charge in [0.15, 0.2) is 0 Å². The number of carbonyl (C=O) groups excluding carboxylic acids is 1. The highest BCUT2D eigenvalue weighted by Gasteiger charge is 2.30. The fourth-order valence-corrected chi connectivity index (χ4v) is 4.63. The Morgan fingerprint density at radius 3 is 2.73 bits per heavy atom. The van der Waals surface area contributed by atoms with E-state index in [1.807, 2.05) is 12.4 Å². The van der Waals surface area contributed by atoms with Crippen molar-refractivity contribution in [1.29, 1.82) is 0 Å². The molecule has 6 heteroatoms. The van der Waals surface area contributed by atoms with Gasteiger partial charge in [-0.25, -0.2) is 0 Å². The fourth-order valence-electron chi connectivity index (χ4n) is 4.63. The van der Waals surface area contributed by atoms with Crippen molar-refractivity contribution in [1.82, 2.24) is 24.3 Å². The Hall–Kier alpha value is -1.92. The van der Waals surface area contributed by atoms with Crippen molar-refractivity contribution >= 4 is 16.8 Å². The monoisotopic (exact) mass is 353 g/mol. The van der Waals surface area contributed by atoms with E-state index in [2.05, 4.69) is 36.4 Å². The van der Waals surface area contributed by atoms with E-state index in [1.54, 1.807) is 0 Å². The highest BCUT2D eigenvalue weighted by Crippen LogP contribution is 2.26. The summed E-state index contributed by atoms with van der Waals surface area (Å²) < 4.78 is 2.37. The van der Waals surface area contributed by atoms with Crippen molar-refractivity contribution in [3.63, 3.8) is 0 Å². The maximum atomic E-state index is 12.8. The van der Waals surface area contributed by atoms with Gasteiger partial charge in [-0.2, -0.15) is 0 Å². The van der Waals surface area contributed by atoms with Gasteiger partial charge in [0.1, 0.15) is 0 Å². The molecule has 2 aliphatic heterocycles. The molecule has 0 N–H and O–H groups in total. The molecule has 0 unspecified atom stereocenters. The van der Waals surface area contributed by atoms with Crippen LogP contribution in [0, 0.1) is 0 Å². The fraction of sp³-hybridized carbons (Fsp3) is 0.600. The summed E-state index contributed by atoms with van der Waals surface area (Å²) in [6, 6.07) is 5.10. The van der Waals surface area contributed by atoms with E-state index < -0.39 is 0 Å². The molecule has 138 valence electrons. The van der Waals surface area contributed by atoms with Crippen molar-refractivity contribution in [3.8, 4) is 0 Å². The summed E-state index contributed by atoms with van der Waals surface area (Å²) in [6.07, 6.45) is 7.87.